The molecule has 2 unspecified atom stereocenters. The highest BCUT2D eigenvalue weighted by atomic mass is 16.5. The third kappa shape index (κ3) is 5.28. The molecule has 2 atom stereocenters. The summed E-state index contributed by atoms with van der Waals surface area (Å²) in [5, 5.41) is 3.63. The maximum absolute atomic E-state index is 5.57. The van der Waals surface area contributed by atoms with Gasteiger partial charge in [-0.15, -0.1) is 0 Å². The van der Waals surface area contributed by atoms with Gasteiger partial charge in [0.25, 0.3) is 0 Å². The Balaban J connectivity index is 2.19. The van der Waals surface area contributed by atoms with E-state index in [-0.39, 0.29) is 0 Å². The third-order valence-corrected chi connectivity index (χ3v) is 3.11. The van der Waals surface area contributed by atoms with Crippen LogP contribution in [0.2, 0.25) is 0 Å². The van der Waals surface area contributed by atoms with Crippen LogP contribution in [0.1, 0.15) is 39.5 Å². The van der Waals surface area contributed by atoms with E-state index in [0.717, 1.165) is 45.8 Å². The maximum Gasteiger partial charge on any atom is 0.0510 e. The van der Waals surface area contributed by atoms with Gasteiger partial charge in [0.1, 0.15) is 0 Å². The van der Waals surface area contributed by atoms with Crippen molar-refractivity contribution in [1.29, 1.82) is 0 Å². The minimum absolute atomic E-state index is 0.583. The second-order valence-electron chi connectivity index (χ2n) is 4.59. The van der Waals surface area contributed by atoms with Gasteiger partial charge in [0.15, 0.2) is 0 Å². The molecule has 0 aromatic heterocycles. The first-order valence-electron chi connectivity index (χ1n) is 6.77. The molecule has 0 bridgehead atoms. The van der Waals surface area contributed by atoms with Gasteiger partial charge >= 0.3 is 0 Å². The summed E-state index contributed by atoms with van der Waals surface area (Å²) in [5.74, 6) is 0.691. The van der Waals surface area contributed by atoms with Crippen LogP contribution in [-0.2, 0) is 9.47 Å². The molecule has 0 saturated carbocycles. The summed E-state index contributed by atoms with van der Waals surface area (Å²) in [6.07, 6.45) is 4.63. The topological polar surface area (TPSA) is 30.5 Å². The van der Waals surface area contributed by atoms with Gasteiger partial charge in [-0.1, -0.05) is 13.8 Å². The van der Waals surface area contributed by atoms with Crippen molar-refractivity contribution < 1.29 is 9.47 Å². The molecule has 3 nitrogen and oxygen atoms in total. The Morgan fingerprint density at radius 1 is 1.31 bits per heavy atom. The molecule has 1 aliphatic heterocycles. The van der Waals surface area contributed by atoms with Crippen LogP contribution in [0.5, 0.6) is 0 Å². The molecule has 0 radical (unpaired) electrons. The molecule has 1 aliphatic rings. The number of rotatable bonds is 9. The first kappa shape index (κ1) is 13.9. The van der Waals surface area contributed by atoms with Crippen LogP contribution in [0.25, 0.3) is 0 Å². The zero-order chi connectivity index (χ0) is 11.6. The molecule has 0 aromatic rings. The average Bonchev–Trinajstić information content (AvgIpc) is 2.82. The Morgan fingerprint density at radius 2 is 2.19 bits per heavy atom. The predicted molar refractivity (Wildman–Crippen MR) is 66.7 cm³/mol. The van der Waals surface area contributed by atoms with Crippen LogP contribution in [-0.4, -0.2) is 39.0 Å². The lowest BCUT2D eigenvalue weighted by molar-refractivity contribution is 0.113. The molecule has 3 heteroatoms. The molecule has 0 spiro atoms. The molecular formula is C13H27NO2. The minimum atomic E-state index is 0.583. The van der Waals surface area contributed by atoms with Crippen LogP contribution in [0.4, 0.5) is 0 Å². The highest BCUT2D eigenvalue weighted by molar-refractivity contribution is 4.79. The minimum Gasteiger partial charge on any atom is -0.381 e. The van der Waals surface area contributed by atoms with Crippen LogP contribution in [0, 0.1) is 5.92 Å². The zero-order valence-electron chi connectivity index (χ0n) is 10.8. The van der Waals surface area contributed by atoms with E-state index >= 15 is 0 Å². The van der Waals surface area contributed by atoms with E-state index in [0.29, 0.717) is 12.0 Å². The summed E-state index contributed by atoms with van der Waals surface area (Å²) in [5.41, 5.74) is 0. The number of hydrogen-bond donors (Lipinski definition) is 1. The molecule has 0 aromatic carbocycles. The molecule has 1 heterocycles. The van der Waals surface area contributed by atoms with Gasteiger partial charge in [0.2, 0.25) is 0 Å². The second kappa shape index (κ2) is 8.97. The van der Waals surface area contributed by atoms with Crippen molar-refractivity contribution in [3.05, 3.63) is 0 Å². The Bertz CT molecular complexity index is 158. The van der Waals surface area contributed by atoms with Crippen molar-refractivity contribution in [1.82, 2.24) is 5.32 Å². The summed E-state index contributed by atoms with van der Waals surface area (Å²) in [4.78, 5) is 0. The maximum atomic E-state index is 5.57. The fourth-order valence-corrected chi connectivity index (χ4v) is 2.16. The normalized spacial score (nSPS) is 22.5. The zero-order valence-corrected chi connectivity index (χ0v) is 10.8. The van der Waals surface area contributed by atoms with Crippen LogP contribution < -0.4 is 5.32 Å². The van der Waals surface area contributed by atoms with Crippen molar-refractivity contribution >= 4 is 0 Å². The van der Waals surface area contributed by atoms with Gasteiger partial charge in [0.05, 0.1) is 6.61 Å². The summed E-state index contributed by atoms with van der Waals surface area (Å²) in [6, 6.07) is 0.583. The fourth-order valence-electron chi connectivity index (χ4n) is 2.16. The van der Waals surface area contributed by atoms with Gasteiger partial charge in [-0.05, 0) is 38.1 Å². The summed E-state index contributed by atoms with van der Waals surface area (Å²) < 4.78 is 11.0. The Morgan fingerprint density at radius 3 is 2.81 bits per heavy atom. The molecule has 16 heavy (non-hydrogen) atoms. The fraction of sp³-hybridized carbons (Fsp3) is 1.00. The van der Waals surface area contributed by atoms with E-state index in [9.17, 15) is 0 Å². The molecule has 1 fully saturated rings. The molecule has 0 aliphatic carbocycles. The molecule has 1 N–H and O–H groups in total. The lowest BCUT2D eigenvalue weighted by Crippen LogP contribution is -2.38. The Hall–Kier alpha value is -0.120. The summed E-state index contributed by atoms with van der Waals surface area (Å²) >= 11 is 0. The van der Waals surface area contributed by atoms with Crippen LogP contribution in [0.15, 0.2) is 0 Å². The monoisotopic (exact) mass is 229 g/mol. The van der Waals surface area contributed by atoms with Gasteiger partial charge < -0.3 is 14.8 Å². The first-order chi connectivity index (χ1) is 7.88. The van der Waals surface area contributed by atoms with Crippen molar-refractivity contribution in [2.24, 2.45) is 5.92 Å². The molecule has 1 saturated heterocycles. The molecule has 1 rings (SSSR count). The van der Waals surface area contributed by atoms with Crippen LogP contribution in [0.3, 0.4) is 0 Å². The Kier molecular flexibility index (Phi) is 7.81. The largest absolute Gasteiger partial charge is 0.381 e. The van der Waals surface area contributed by atoms with E-state index in [1.54, 1.807) is 0 Å². The highest BCUT2D eigenvalue weighted by Crippen LogP contribution is 2.19. The van der Waals surface area contributed by atoms with E-state index in [1.165, 1.54) is 12.8 Å². The number of ether oxygens (including phenoxy) is 2. The van der Waals surface area contributed by atoms with E-state index in [4.69, 9.17) is 9.47 Å². The quantitative estimate of drug-likeness (QED) is 0.615. The number of hydrogen-bond acceptors (Lipinski definition) is 3. The number of nitrogens with one attached hydrogen (secondary N) is 1. The second-order valence-corrected chi connectivity index (χ2v) is 4.59. The lowest BCUT2D eigenvalue weighted by atomic mass is 9.96. The van der Waals surface area contributed by atoms with Crippen molar-refractivity contribution in [3.63, 3.8) is 0 Å². The highest BCUT2D eigenvalue weighted by Gasteiger charge is 2.24. The summed E-state index contributed by atoms with van der Waals surface area (Å²) in [6.45, 7) is 9.10. The van der Waals surface area contributed by atoms with Crippen molar-refractivity contribution in [2.75, 3.05) is 33.0 Å². The first-order valence-corrected chi connectivity index (χ1v) is 6.77. The van der Waals surface area contributed by atoms with E-state index in [2.05, 4.69) is 19.2 Å². The molecular weight excluding hydrogens is 202 g/mol. The van der Waals surface area contributed by atoms with Gasteiger partial charge in [-0.3, -0.25) is 0 Å². The molecule has 0 amide bonds. The van der Waals surface area contributed by atoms with E-state index < -0.39 is 0 Å². The van der Waals surface area contributed by atoms with Gasteiger partial charge in [0, 0.05) is 25.9 Å². The smallest absolute Gasteiger partial charge is 0.0510 e. The Labute approximate surface area is 99.9 Å². The standard InChI is InChI=1S/C13H27NO2/c1-3-7-14-13(6-10-15-8-4-2)12-5-9-16-11-12/h12-14H,3-11H2,1-2H3. The van der Waals surface area contributed by atoms with E-state index in [1.807, 2.05) is 0 Å². The van der Waals surface area contributed by atoms with Gasteiger partial charge in [-0.2, -0.15) is 0 Å². The third-order valence-electron chi connectivity index (χ3n) is 3.11. The molecule has 96 valence electrons. The SMILES string of the molecule is CCCNC(CCOCCC)C1CCOC1. The van der Waals surface area contributed by atoms with Crippen molar-refractivity contribution in [3.8, 4) is 0 Å². The van der Waals surface area contributed by atoms with Crippen molar-refractivity contribution in [2.45, 2.75) is 45.6 Å². The average molecular weight is 229 g/mol. The van der Waals surface area contributed by atoms with Crippen LogP contribution >= 0.6 is 0 Å². The summed E-state index contributed by atoms with van der Waals surface area (Å²) in [7, 11) is 0. The van der Waals surface area contributed by atoms with Gasteiger partial charge in [-0.25, -0.2) is 0 Å². The predicted octanol–water partition coefficient (Wildman–Crippen LogP) is 2.21. The lowest BCUT2D eigenvalue weighted by Gasteiger charge is -2.23.